The van der Waals surface area contributed by atoms with E-state index in [1.807, 2.05) is 46.7 Å². The number of aliphatic imine (C=N–C) groups is 1. The van der Waals surface area contributed by atoms with Crippen LogP contribution in [0.1, 0.15) is 18.7 Å². The van der Waals surface area contributed by atoms with Gasteiger partial charge in [-0.2, -0.15) is 11.8 Å². The van der Waals surface area contributed by atoms with Crippen LogP contribution in [-0.2, 0) is 6.54 Å². The first kappa shape index (κ1) is 17.3. The summed E-state index contributed by atoms with van der Waals surface area (Å²) >= 11 is 1.88. The van der Waals surface area contributed by atoms with Gasteiger partial charge in [0.2, 0.25) is 0 Å². The summed E-state index contributed by atoms with van der Waals surface area (Å²) < 4.78 is 1.97. The third-order valence-electron chi connectivity index (χ3n) is 3.36. The number of hydrogen-bond donors (Lipinski definition) is 2. The van der Waals surface area contributed by atoms with Gasteiger partial charge in [-0.1, -0.05) is 18.2 Å². The van der Waals surface area contributed by atoms with E-state index >= 15 is 0 Å². The monoisotopic (exact) mass is 332 g/mol. The second-order valence-electron chi connectivity index (χ2n) is 5.01. The molecule has 7 heteroatoms. The molecular weight excluding hydrogens is 308 g/mol. The van der Waals surface area contributed by atoms with Gasteiger partial charge < -0.3 is 10.6 Å². The molecule has 0 atom stereocenters. The summed E-state index contributed by atoms with van der Waals surface area (Å²) in [5.41, 5.74) is 1.05. The van der Waals surface area contributed by atoms with Gasteiger partial charge in [-0.3, -0.25) is 9.56 Å². The van der Waals surface area contributed by atoms with Crippen molar-refractivity contribution in [1.82, 2.24) is 25.4 Å². The summed E-state index contributed by atoms with van der Waals surface area (Å²) in [6.07, 6.45) is 6.22. The molecule has 1 heterocycles. The Morgan fingerprint density at radius 3 is 2.78 bits per heavy atom. The van der Waals surface area contributed by atoms with E-state index in [0.29, 0.717) is 6.54 Å². The van der Waals surface area contributed by atoms with Gasteiger partial charge in [-0.05, 0) is 37.0 Å². The molecule has 0 aliphatic rings. The van der Waals surface area contributed by atoms with Crippen molar-refractivity contribution < 1.29 is 0 Å². The van der Waals surface area contributed by atoms with Crippen molar-refractivity contribution in [1.29, 1.82) is 0 Å². The van der Waals surface area contributed by atoms with E-state index in [1.165, 1.54) is 12.2 Å². The summed E-state index contributed by atoms with van der Waals surface area (Å²) in [5, 5.41) is 14.8. The Balaban J connectivity index is 1.84. The lowest BCUT2D eigenvalue weighted by Crippen LogP contribution is -2.37. The highest BCUT2D eigenvalue weighted by Crippen LogP contribution is 2.08. The Morgan fingerprint density at radius 1 is 1.22 bits per heavy atom. The summed E-state index contributed by atoms with van der Waals surface area (Å²) in [7, 11) is 1.78. The highest BCUT2D eigenvalue weighted by molar-refractivity contribution is 7.98. The number of rotatable bonds is 8. The Hall–Kier alpha value is -2.02. The molecular formula is C16H24N6S. The maximum Gasteiger partial charge on any atom is 0.191 e. The minimum atomic E-state index is 0.569. The number of aromatic nitrogens is 3. The maximum absolute atomic E-state index is 4.24. The lowest BCUT2D eigenvalue weighted by Gasteiger charge is -2.12. The Morgan fingerprint density at radius 2 is 2.04 bits per heavy atom. The molecule has 0 saturated heterocycles. The van der Waals surface area contributed by atoms with Gasteiger partial charge in [0.05, 0.1) is 6.54 Å². The molecule has 1 aromatic carbocycles. The topological polar surface area (TPSA) is 67.1 Å². The van der Waals surface area contributed by atoms with Crippen LogP contribution in [0.3, 0.4) is 0 Å². The van der Waals surface area contributed by atoms with E-state index in [4.69, 9.17) is 0 Å². The molecule has 0 spiro atoms. The van der Waals surface area contributed by atoms with Gasteiger partial charge in [-0.15, -0.1) is 10.2 Å². The molecule has 0 aliphatic heterocycles. The molecule has 0 amide bonds. The van der Waals surface area contributed by atoms with Crippen molar-refractivity contribution in [2.24, 2.45) is 4.99 Å². The van der Waals surface area contributed by atoms with Crippen LogP contribution in [0.25, 0.3) is 5.69 Å². The predicted molar refractivity (Wildman–Crippen MR) is 97.2 cm³/mol. The van der Waals surface area contributed by atoms with Crippen LogP contribution in [0.4, 0.5) is 0 Å². The van der Waals surface area contributed by atoms with Crippen LogP contribution in [0.5, 0.6) is 0 Å². The largest absolute Gasteiger partial charge is 0.356 e. The zero-order valence-electron chi connectivity index (χ0n) is 13.7. The van der Waals surface area contributed by atoms with Gasteiger partial charge in [0.1, 0.15) is 6.33 Å². The van der Waals surface area contributed by atoms with Crippen molar-refractivity contribution in [2.75, 3.05) is 25.6 Å². The standard InChI is InChI=1S/C16H24N6S/c1-17-16(18-10-6-7-11-23-2)19-12-15-21-20-13-22(15)14-8-4-3-5-9-14/h3-5,8-9,13H,6-7,10-12H2,1-2H3,(H2,17,18,19). The number of nitrogens with zero attached hydrogens (tertiary/aromatic N) is 4. The van der Waals surface area contributed by atoms with Gasteiger partial charge in [0, 0.05) is 19.3 Å². The average Bonchev–Trinajstić information content (AvgIpc) is 3.07. The Kier molecular flexibility index (Phi) is 7.45. The van der Waals surface area contributed by atoms with Crippen LogP contribution < -0.4 is 10.6 Å². The van der Waals surface area contributed by atoms with Crippen LogP contribution >= 0.6 is 11.8 Å². The number of nitrogens with one attached hydrogen (secondary N) is 2. The number of guanidine groups is 1. The number of hydrogen-bond acceptors (Lipinski definition) is 4. The third kappa shape index (κ3) is 5.59. The summed E-state index contributed by atoms with van der Waals surface area (Å²) in [4.78, 5) is 4.24. The van der Waals surface area contributed by atoms with Gasteiger partial charge >= 0.3 is 0 Å². The molecule has 1 aromatic heterocycles. The van der Waals surface area contributed by atoms with E-state index in [-0.39, 0.29) is 0 Å². The second kappa shape index (κ2) is 9.89. The predicted octanol–water partition coefficient (Wildman–Crippen LogP) is 2.08. The number of thioether (sulfide) groups is 1. The normalized spacial score (nSPS) is 11.5. The van der Waals surface area contributed by atoms with Gasteiger partial charge in [0.25, 0.3) is 0 Å². The maximum atomic E-state index is 4.24. The van der Waals surface area contributed by atoms with Crippen molar-refractivity contribution in [3.63, 3.8) is 0 Å². The quantitative estimate of drug-likeness (QED) is 0.440. The van der Waals surface area contributed by atoms with E-state index in [1.54, 1.807) is 13.4 Å². The average molecular weight is 332 g/mol. The van der Waals surface area contributed by atoms with E-state index < -0.39 is 0 Å². The molecule has 0 radical (unpaired) electrons. The molecule has 2 aromatic rings. The lowest BCUT2D eigenvalue weighted by molar-refractivity contribution is 0.717. The fourth-order valence-corrected chi connectivity index (χ4v) is 2.64. The summed E-state index contributed by atoms with van der Waals surface area (Å²) in [6, 6.07) is 10.1. The SMILES string of the molecule is CN=C(NCCCCSC)NCc1nncn1-c1ccccc1. The van der Waals surface area contributed by atoms with Gasteiger partial charge in [0.15, 0.2) is 11.8 Å². The minimum absolute atomic E-state index is 0.569. The van der Waals surface area contributed by atoms with E-state index in [0.717, 1.165) is 30.4 Å². The minimum Gasteiger partial charge on any atom is -0.356 e. The number of para-hydroxylation sites is 1. The van der Waals surface area contributed by atoms with E-state index in [9.17, 15) is 0 Å². The fourth-order valence-electron chi connectivity index (χ4n) is 2.15. The van der Waals surface area contributed by atoms with Crippen LogP contribution in [0, 0.1) is 0 Å². The molecule has 23 heavy (non-hydrogen) atoms. The summed E-state index contributed by atoms with van der Waals surface area (Å²) in [6.45, 7) is 1.49. The second-order valence-corrected chi connectivity index (χ2v) is 5.99. The molecule has 0 aliphatic carbocycles. The zero-order valence-corrected chi connectivity index (χ0v) is 14.5. The molecule has 2 N–H and O–H groups in total. The Labute approximate surface area is 141 Å². The van der Waals surface area contributed by atoms with Crippen LogP contribution in [0.15, 0.2) is 41.7 Å². The number of benzene rings is 1. The van der Waals surface area contributed by atoms with Crippen LogP contribution in [0.2, 0.25) is 0 Å². The fraction of sp³-hybridized carbons (Fsp3) is 0.438. The highest BCUT2D eigenvalue weighted by Gasteiger charge is 2.06. The first-order valence-corrected chi connectivity index (χ1v) is 9.12. The lowest BCUT2D eigenvalue weighted by atomic mass is 10.3. The van der Waals surface area contributed by atoms with Crippen molar-refractivity contribution >= 4 is 17.7 Å². The molecule has 0 bridgehead atoms. The zero-order chi connectivity index (χ0) is 16.3. The summed E-state index contributed by atoms with van der Waals surface area (Å²) in [5.74, 6) is 2.84. The molecule has 124 valence electrons. The van der Waals surface area contributed by atoms with Crippen molar-refractivity contribution in [3.8, 4) is 5.69 Å². The first-order valence-electron chi connectivity index (χ1n) is 7.73. The number of unbranched alkanes of at least 4 members (excludes halogenated alkanes) is 1. The third-order valence-corrected chi connectivity index (χ3v) is 4.05. The molecule has 0 saturated carbocycles. The molecule has 2 rings (SSSR count). The molecule has 0 fully saturated rings. The smallest absolute Gasteiger partial charge is 0.191 e. The van der Waals surface area contributed by atoms with E-state index in [2.05, 4.69) is 32.1 Å². The van der Waals surface area contributed by atoms with Crippen molar-refractivity contribution in [3.05, 3.63) is 42.5 Å². The molecule has 0 unspecified atom stereocenters. The first-order chi connectivity index (χ1) is 11.3. The van der Waals surface area contributed by atoms with Gasteiger partial charge in [-0.25, -0.2) is 0 Å². The Bertz CT molecular complexity index is 596. The molecule has 6 nitrogen and oxygen atoms in total. The highest BCUT2D eigenvalue weighted by atomic mass is 32.2. The van der Waals surface area contributed by atoms with Crippen molar-refractivity contribution in [2.45, 2.75) is 19.4 Å². The van der Waals surface area contributed by atoms with Crippen LogP contribution in [-0.4, -0.2) is 46.3 Å².